The Labute approximate surface area is 112 Å². The van der Waals surface area contributed by atoms with Crippen LogP contribution in [0.15, 0.2) is 6.20 Å². The predicted molar refractivity (Wildman–Crippen MR) is 70.4 cm³/mol. The van der Waals surface area contributed by atoms with Gasteiger partial charge in [-0.25, -0.2) is 0 Å². The van der Waals surface area contributed by atoms with Crippen LogP contribution < -0.4 is 5.73 Å². The van der Waals surface area contributed by atoms with Crippen LogP contribution in [0.5, 0.6) is 0 Å². The Hall–Kier alpha value is -0.580. The second-order valence-corrected chi connectivity index (χ2v) is 5.86. The first kappa shape index (κ1) is 12.5. The monoisotopic (exact) mass is 269 g/mol. The minimum Gasteiger partial charge on any atom is -0.383 e. The normalized spacial score (nSPS) is 31.4. The number of nitrogens with zero attached hydrogens (tertiary/aromatic N) is 2. The number of aromatic nitrogens is 2. The number of hydrogen-bond donors (Lipinski definition) is 1. The van der Waals surface area contributed by atoms with Gasteiger partial charge >= 0.3 is 0 Å². The number of rotatable bonds is 5. The van der Waals surface area contributed by atoms with Gasteiger partial charge in [0.1, 0.15) is 0 Å². The van der Waals surface area contributed by atoms with E-state index in [1.54, 1.807) is 13.3 Å². The molecule has 2 saturated carbocycles. The first-order valence-electron chi connectivity index (χ1n) is 6.69. The molecule has 2 fully saturated rings. The van der Waals surface area contributed by atoms with Crippen LogP contribution in [-0.4, -0.2) is 23.5 Å². The molecule has 100 valence electrons. The molecule has 0 amide bonds. The zero-order valence-electron chi connectivity index (χ0n) is 10.7. The van der Waals surface area contributed by atoms with Crippen molar-refractivity contribution in [1.82, 2.24) is 9.78 Å². The summed E-state index contributed by atoms with van der Waals surface area (Å²) in [7, 11) is 1.69. The molecule has 0 aromatic carbocycles. The molecule has 3 unspecified atom stereocenters. The molecule has 18 heavy (non-hydrogen) atoms. The average molecular weight is 270 g/mol. The van der Waals surface area contributed by atoms with Crippen molar-refractivity contribution in [2.75, 3.05) is 13.7 Å². The van der Waals surface area contributed by atoms with Gasteiger partial charge in [-0.3, -0.25) is 4.68 Å². The van der Waals surface area contributed by atoms with E-state index in [0.717, 1.165) is 17.5 Å². The Morgan fingerprint density at radius 2 is 2.28 bits per heavy atom. The highest BCUT2D eigenvalue weighted by molar-refractivity contribution is 6.31. The van der Waals surface area contributed by atoms with Crippen molar-refractivity contribution in [3.63, 3.8) is 0 Å². The SMILES string of the molecule is COCCn1ncc(Cl)c1C(N)C1C2CCCC21. The number of hydrogen-bond acceptors (Lipinski definition) is 3. The van der Waals surface area contributed by atoms with Crippen LogP contribution in [-0.2, 0) is 11.3 Å². The van der Waals surface area contributed by atoms with Crippen molar-refractivity contribution in [2.45, 2.75) is 31.8 Å². The lowest BCUT2D eigenvalue weighted by molar-refractivity contribution is 0.181. The van der Waals surface area contributed by atoms with Crippen LogP contribution in [0.2, 0.25) is 5.02 Å². The second kappa shape index (κ2) is 4.83. The zero-order chi connectivity index (χ0) is 12.7. The summed E-state index contributed by atoms with van der Waals surface area (Å²) in [6.07, 6.45) is 5.75. The largest absolute Gasteiger partial charge is 0.383 e. The standard InChI is InChI=1S/C13H20ClN3O/c1-18-6-5-17-13(10(14)7-16-17)12(15)11-8-3-2-4-9(8)11/h7-9,11-12H,2-6,15H2,1H3. The van der Waals surface area contributed by atoms with Crippen LogP contribution in [0.1, 0.15) is 31.0 Å². The van der Waals surface area contributed by atoms with Gasteiger partial charge in [0, 0.05) is 7.11 Å². The van der Waals surface area contributed by atoms with E-state index in [1.165, 1.54) is 19.3 Å². The van der Waals surface area contributed by atoms with Gasteiger partial charge in [0.25, 0.3) is 0 Å². The van der Waals surface area contributed by atoms with Gasteiger partial charge in [0.05, 0.1) is 36.1 Å². The molecule has 4 nitrogen and oxygen atoms in total. The highest BCUT2D eigenvalue weighted by atomic mass is 35.5. The van der Waals surface area contributed by atoms with Crippen molar-refractivity contribution in [2.24, 2.45) is 23.5 Å². The molecule has 5 heteroatoms. The molecule has 0 bridgehead atoms. The van der Waals surface area contributed by atoms with Crippen LogP contribution in [0.4, 0.5) is 0 Å². The molecule has 0 radical (unpaired) electrons. The van der Waals surface area contributed by atoms with E-state index in [0.29, 0.717) is 24.1 Å². The van der Waals surface area contributed by atoms with Crippen molar-refractivity contribution in [3.05, 3.63) is 16.9 Å². The van der Waals surface area contributed by atoms with Gasteiger partial charge < -0.3 is 10.5 Å². The van der Waals surface area contributed by atoms with E-state index >= 15 is 0 Å². The molecule has 1 heterocycles. The summed E-state index contributed by atoms with van der Waals surface area (Å²) in [4.78, 5) is 0. The topological polar surface area (TPSA) is 53.1 Å². The van der Waals surface area contributed by atoms with E-state index in [4.69, 9.17) is 22.1 Å². The molecular formula is C13H20ClN3O. The van der Waals surface area contributed by atoms with E-state index < -0.39 is 0 Å². The third kappa shape index (κ3) is 1.96. The Bertz CT molecular complexity index is 424. The van der Waals surface area contributed by atoms with Crippen LogP contribution in [0, 0.1) is 17.8 Å². The molecule has 0 spiro atoms. The summed E-state index contributed by atoms with van der Waals surface area (Å²) in [5, 5.41) is 5.00. The lowest BCUT2D eigenvalue weighted by Gasteiger charge is -2.16. The maximum Gasteiger partial charge on any atom is 0.0834 e. The third-order valence-corrected chi connectivity index (χ3v) is 4.83. The lowest BCUT2D eigenvalue weighted by atomic mass is 10.0. The summed E-state index contributed by atoms with van der Waals surface area (Å²) < 4.78 is 7.00. The zero-order valence-corrected chi connectivity index (χ0v) is 11.4. The summed E-state index contributed by atoms with van der Waals surface area (Å²) in [5.41, 5.74) is 7.42. The second-order valence-electron chi connectivity index (χ2n) is 5.46. The van der Waals surface area contributed by atoms with Crippen molar-refractivity contribution >= 4 is 11.6 Å². The average Bonchev–Trinajstić information content (AvgIpc) is 2.73. The minimum atomic E-state index is 0.0344. The molecule has 3 rings (SSSR count). The molecule has 2 N–H and O–H groups in total. The molecule has 3 atom stereocenters. The third-order valence-electron chi connectivity index (χ3n) is 4.54. The highest BCUT2D eigenvalue weighted by Crippen LogP contribution is 2.61. The molecular weight excluding hydrogens is 250 g/mol. The van der Waals surface area contributed by atoms with E-state index in [-0.39, 0.29) is 6.04 Å². The van der Waals surface area contributed by atoms with Crippen LogP contribution >= 0.6 is 11.6 Å². The van der Waals surface area contributed by atoms with Gasteiger partial charge in [-0.15, -0.1) is 0 Å². The fourth-order valence-electron chi connectivity index (χ4n) is 3.65. The number of halogens is 1. The number of ether oxygens (including phenoxy) is 1. The Balaban J connectivity index is 1.76. The van der Waals surface area contributed by atoms with Crippen molar-refractivity contribution < 1.29 is 4.74 Å². The summed E-state index contributed by atoms with van der Waals surface area (Å²) in [6.45, 7) is 1.35. The molecule has 0 saturated heterocycles. The first-order valence-corrected chi connectivity index (χ1v) is 7.07. The fraction of sp³-hybridized carbons (Fsp3) is 0.769. The molecule has 1 aromatic rings. The van der Waals surface area contributed by atoms with Gasteiger partial charge in [0.2, 0.25) is 0 Å². The Morgan fingerprint density at radius 3 is 2.94 bits per heavy atom. The first-order chi connectivity index (χ1) is 8.74. The summed E-state index contributed by atoms with van der Waals surface area (Å²) in [6, 6.07) is 0.0344. The van der Waals surface area contributed by atoms with E-state index in [1.807, 2.05) is 4.68 Å². The van der Waals surface area contributed by atoms with Crippen molar-refractivity contribution in [1.29, 1.82) is 0 Å². The summed E-state index contributed by atoms with van der Waals surface area (Å²) in [5.74, 6) is 2.29. The lowest BCUT2D eigenvalue weighted by Crippen LogP contribution is -2.21. The number of methoxy groups -OCH3 is 1. The van der Waals surface area contributed by atoms with Gasteiger partial charge in [-0.05, 0) is 30.6 Å². The number of fused-ring (bicyclic) bond motifs is 1. The molecule has 0 aliphatic heterocycles. The van der Waals surface area contributed by atoms with Gasteiger partial charge in [-0.1, -0.05) is 18.0 Å². The van der Waals surface area contributed by atoms with E-state index in [9.17, 15) is 0 Å². The molecule has 2 aliphatic carbocycles. The summed E-state index contributed by atoms with van der Waals surface area (Å²) >= 11 is 6.24. The Morgan fingerprint density at radius 1 is 1.56 bits per heavy atom. The number of nitrogens with two attached hydrogens (primary N) is 1. The molecule has 1 aromatic heterocycles. The van der Waals surface area contributed by atoms with Crippen molar-refractivity contribution in [3.8, 4) is 0 Å². The predicted octanol–water partition coefficient (Wildman–Crippen LogP) is 2.23. The maximum absolute atomic E-state index is 6.42. The quantitative estimate of drug-likeness (QED) is 0.892. The molecule has 2 aliphatic rings. The Kier molecular flexibility index (Phi) is 3.34. The highest BCUT2D eigenvalue weighted by Gasteiger charge is 2.56. The smallest absolute Gasteiger partial charge is 0.0834 e. The van der Waals surface area contributed by atoms with Crippen LogP contribution in [0.3, 0.4) is 0 Å². The van der Waals surface area contributed by atoms with E-state index in [2.05, 4.69) is 5.10 Å². The van der Waals surface area contributed by atoms with Crippen LogP contribution in [0.25, 0.3) is 0 Å². The minimum absolute atomic E-state index is 0.0344. The van der Waals surface area contributed by atoms with Gasteiger partial charge in [-0.2, -0.15) is 5.10 Å². The fourth-order valence-corrected chi connectivity index (χ4v) is 3.92. The van der Waals surface area contributed by atoms with Gasteiger partial charge in [0.15, 0.2) is 0 Å². The maximum atomic E-state index is 6.42.